The largest absolute Gasteiger partial charge is 0.383 e. The smallest absolute Gasteiger partial charge is 0.191 e. The van der Waals surface area contributed by atoms with Crippen LogP contribution in [-0.4, -0.2) is 62.8 Å². The number of ether oxygens (including phenoxy) is 1. The predicted molar refractivity (Wildman–Crippen MR) is 108 cm³/mol. The molecule has 0 bridgehead atoms. The Morgan fingerprint density at radius 1 is 1.17 bits per heavy atom. The van der Waals surface area contributed by atoms with Gasteiger partial charge in [0.15, 0.2) is 5.96 Å². The Morgan fingerprint density at radius 2 is 1.96 bits per heavy atom. The minimum absolute atomic E-state index is 0. The van der Waals surface area contributed by atoms with Gasteiger partial charge < -0.3 is 15.4 Å². The van der Waals surface area contributed by atoms with Gasteiger partial charge in [-0.1, -0.05) is 19.3 Å². The number of aliphatic imine (C=N–C) groups is 1. The second-order valence-electron chi connectivity index (χ2n) is 6.52. The molecule has 1 saturated carbocycles. The fourth-order valence-corrected chi connectivity index (χ4v) is 3.56. The lowest BCUT2D eigenvalue weighted by molar-refractivity contribution is 0.142. The van der Waals surface area contributed by atoms with Gasteiger partial charge in [-0.3, -0.25) is 9.89 Å². The van der Waals surface area contributed by atoms with Crippen LogP contribution in [0.15, 0.2) is 4.99 Å². The first-order valence-corrected chi connectivity index (χ1v) is 9.11. The van der Waals surface area contributed by atoms with Crippen LogP contribution in [-0.2, 0) is 4.74 Å². The topological polar surface area (TPSA) is 48.9 Å². The molecule has 1 aliphatic heterocycles. The van der Waals surface area contributed by atoms with E-state index >= 15 is 0 Å². The summed E-state index contributed by atoms with van der Waals surface area (Å²) in [4.78, 5) is 7.38. The lowest BCUT2D eigenvalue weighted by Gasteiger charge is -2.26. The Bertz CT molecular complexity index is 335. The minimum Gasteiger partial charge on any atom is -0.383 e. The van der Waals surface area contributed by atoms with E-state index in [1.54, 1.807) is 7.11 Å². The summed E-state index contributed by atoms with van der Waals surface area (Å²) in [5, 5.41) is 7.04. The van der Waals surface area contributed by atoms with E-state index in [0.29, 0.717) is 12.1 Å². The first kappa shape index (κ1) is 21.0. The number of hydrogen-bond acceptors (Lipinski definition) is 3. The lowest BCUT2D eigenvalue weighted by atomic mass is 9.96. The van der Waals surface area contributed by atoms with Crippen molar-refractivity contribution in [1.82, 2.24) is 15.5 Å². The minimum atomic E-state index is 0. The maximum atomic E-state index is 5.21. The lowest BCUT2D eigenvalue weighted by Crippen LogP contribution is -2.45. The van der Waals surface area contributed by atoms with Crippen molar-refractivity contribution in [2.45, 2.75) is 64.0 Å². The number of likely N-dealkylation sites (tertiary alicyclic amines) is 1. The van der Waals surface area contributed by atoms with Gasteiger partial charge in [-0.2, -0.15) is 0 Å². The van der Waals surface area contributed by atoms with Crippen molar-refractivity contribution >= 4 is 29.9 Å². The highest BCUT2D eigenvalue weighted by Gasteiger charge is 2.24. The quantitative estimate of drug-likeness (QED) is 0.365. The van der Waals surface area contributed by atoms with Crippen LogP contribution >= 0.6 is 24.0 Å². The Morgan fingerprint density at radius 3 is 2.65 bits per heavy atom. The average molecular weight is 438 g/mol. The molecule has 136 valence electrons. The van der Waals surface area contributed by atoms with Crippen molar-refractivity contribution in [3.63, 3.8) is 0 Å². The van der Waals surface area contributed by atoms with E-state index in [0.717, 1.165) is 32.2 Å². The van der Waals surface area contributed by atoms with Gasteiger partial charge in [0, 0.05) is 32.3 Å². The Labute approximate surface area is 159 Å². The average Bonchev–Trinajstić information content (AvgIpc) is 2.99. The molecular formula is C17H35IN4O. The van der Waals surface area contributed by atoms with Gasteiger partial charge in [0.05, 0.1) is 13.2 Å². The van der Waals surface area contributed by atoms with Crippen molar-refractivity contribution in [3.8, 4) is 0 Å². The van der Waals surface area contributed by atoms with E-state index in [9.17, 15) is 0 Å². The molecule has 0 radical (unpaired) electrons. The maximum absolute atomic E-state index is 5.21. The van der Waals surface area contributed by atoms with Crippen LogP contribution < -0.4 is 10.6 Å². The van der Waals surface area contributed by atoms with Gasteiger partial charge in [0.25, 0.3) is 0 Å². The second-order valence-corrected chi connectivity index (χ2v) is 6.52. The van der Waals surface area contributed by atoms with Crippen LogP contribution in [0, 0.1) is 0 Å². The van der Waals surface area contributed by atoms with Crippen molar-refractivity contribution in [2.24, 2.45) is 4.99 Å². The zero-order valence-electron chi connectivity index (χ0n) is 14.9. The summed E-state index contributed by atoms with van der Waals surface area (Å²) < 4.78 is 5.21. The summed E-state index contributed by atoms with van der Waals surface area (Å²) in [5.74, 6) is 1.01. The first-order valence-electron chi connectivity index (χ1n) is 9.11. The standard InChI is InChI=1S/C17H34N4O.HI/c1-3-18-17(20-15-8-5-4-6-9-15)19-14-16-10-7-11-21(16)12-13-22-2;/h15-16H,3-14H2,1-2H3,(H2,18,19,20);1H. The highest BCUT2D eigenvalue weighted by Crippen LogP contribution is 2.18. The molecule has 2 rings (SSSR count). The van der Waals surface area contributed by atoms with Crippen molar-refractivity contribution in [1.29, 1.82) is 0 Å². The number of methoxy groups -OCH3 is 1. The zero-order valence-corrected chi connectivity index (χ0v) is 17.2. The van der Waals surface area contributed by atoms with Gasteiger partial charge in [-0.15, -0.1) is 24.0 Å². The molecular weight excluding hydrogens is 403 g/mol. The predicted octanol–water partition coefficient (Wildman–Crippen LogP) is 2.60. The van der Waals surface area contributed by atoms with E-state index < -0.39 is 0 Å². The molecule has 0 spiro atoms. The molecule has 1 aliphatic carbocycles. The molecule has 0 aromatic carbocycles. The van der Waals surface area contributed by atoms with E-state index in [-0.39, 0.29) is 24.0 Å². The molecule has 0 aromatic rings. The number of hydrogen-bond donors (Lipinski definition) is 2. The molecule has 2 N–H and O–H groups in total. The van der Waals surface area contributed by atoms with Crippen molar-refractivity contribution in [2.75, 3.05) is 39.9 Å². The second kappa shape index (κ2) is 12.3. The number of nitrogens with one attached hydrogen (secondary N) is 2. The van der Waals surface area contributed by atoms with Crippen molar-refractivity contribution in [3.05, 3.63) is 0 Å². The molecule has 0 aromatic heterocycles. The molecule has 1 heterocycles. The first-order chi connectivity index (χ1) is 10.8. The molecule has 6 heteroatoms. The summed E-state index contributed by atoms with van der Waals surface area (Å²) >= 11 is 0. The zero-order chi connectivity index (χ0) is 15.6. The molecule has 2 fully saturated rings. The van der Waals surface area contributed by atoms with Crippen LogP contribution in [0.5, 0.6) is 0 Å². The molecule has 2 aliphatic rings. The molecule has 1 unspecified atom stereocenters. The Hall–Kier alpha value is -0.0800. The highest BCUT2D eigenvalue weighted by atomic mass is 127. The molecule has 1 saturated heterocycles. The third-order valence-electron chi connectivity index (χ3n) is 4.83. The summed E-state index contributed by atoms with van der Waals surface area (Å²) in [6.45, 7) is 7.00. The van der Waals surface area contributed by atoms with E-state index in [1.807, 2.05) is 0 Å². The van der Waals surface area contributed by atoms with Crippen LogP contribution in [0.25, 0.3) is 0 Å². The van der Waals surface area contributed by atoms with E-state index in [4.69, 9.17) is 9.73 Å². The number of guanidine groups is 1. The van der Waals surface area contributed by atoms with Gasteiger partial charge >= 0.3 is 0 Å². The third-order valence-corrected chi connectivity index (χ3v) is 4.83. The normalized spacial score (nSPS) is 23.6. The van der Waals surface area contributed by atoms with Gasteiger partial charge in [-0.25, -0.2) is 0 Å². The molecule has 23 heavy (non-hydrogen) atoms. The summed E-state index contributed by atoms with van der Waals surface area (Å²) in [6.07, 6.45) is 9.21. The van der Waals surface area contributed by atoms with Gasteiger partial charge in [0.2, 0.25) is 0 Å². The monoisotopic (exact) mass is 438 g/mol. The molecule has 0 amide bonds. The third kappa shape index (κ3) is 7.56. The fourth-order valence-electron chi connectivity index (χ4n) is 3.56. The van der Waals surface area contributed by atoms with Crippen LogP contribution in [0.2, 0.25) is 0 Å². The van der Waals surface area contributed by atoms with Gasteiger partial charge in [-0.05, 0) is 39.2 Å². The summed E-state index contributed by atoms with van der Waals surface area (Å²) in [6, 6.07) is 1.19. The fraction of sp³-hybridized carbons (Fsp3) is 0.941. The van der Waals surface area contributed by atoms with Crippen LogP contribution in [0.4, 0.5) is 0 Å². The highest BCUT2D eigenvalue weighted by molar-refractivity contribution is 14.0. The van der Waals surface area contributed by atoms with Crippen LogP contribution in [0.3, 0.4) is 0 Å². The van der Waals surface area contributed by atoms with E-state index in [2.05, 4.69) is 22.5 Å². The Balaban J connectivity index is 0.00000264. The number of halogens is 1. The van der Waals surface area contributed by atoms with Crippen LogP contribution in [0.1, 0.15) is 51.9 Å². The summed E-state index contributed by atoms with van der Waals surface area (Å²) in [5.41, 5.74) is 0. The Kier molecular flexibility index (Phi) is 11.2. The molecule has 1 atom stereocenters. The number of rotatable bonds is 7. The molecule has 5 nitrogen and oxygen atoms in total. The van der Waals surface area contributed by atoms with Gasteiger partial charge in [0.1, 0.15) is 0 Å². The maximum Gasteiger partial charge on any atom is 0.191 e. The summed E-state index contributed by atoms with van der Waals surface area (Å²) in [7, 11) is 1.78. The van der Waals surface area contributed by atoms with Crippen molar-refractivity contribution < 1.29 is 4.74 Å². The number of nitrogens with zero attached hydrogens (tertiary/aromatic N) is 2. The SMILES string of the molecule is CCNC(=NCC1CCCN1CCOC)NC1CCCCC1.I. The van der Waals surface area contributed by atoms with E-state index in [1.165, 1.54) is 51.5 Å².